The van der Waals surface area contributed by atoms with Crippen LogP contribution in [-0.4, -0.2) is 40.0 Å². The molecule has 0 saturated carbocycles. The lowest BCUT2D eigenvalue weighted by Gasteiger charge is -2.39. The van der Waals surface area contributed by atoms with E-state index in [2.05, 4.69) is 10.0 Å². The first-order valence-corrected chi connectivity index (χ1v) is 7.12. The van der Waals surface area contributed by atoms with Gasteiger partial charge in [-0.1, -0.05) is 0 Å². The van der Waals surface area contributed by atoms with Gasteiger partial charge >= 0.3 is 6.18 Å². The zero-order chi connectivity index (χ0) is 13.2. The minimum Gasteiger partial charge on any atom is -0.317 e. The molecule has 0 bridgehead atoms. The highest BCUT2D eigenvalue weighted by molar-refractivity contribution is 7.89. The van der Waals surface area contributed by atoms with Crippen LogP contribution in [0.15, 0.2) is 0 Å². The third-order valence-corrected chi connectivity index (χ3v) is 4.52. The number of hydrogen-bond acceptors (Lipinski definition) is 3. The van der Waals surface area contributed by atoms with Crippen molar-refractivity contribution in [3.63, 3.8) is 0 Å². The van der Waals surface area contributed by atoms with Gasteiger partial charge < -0.3 is 5.32 Å². The molecule has 0 unspecified atom stereocenters. The fourth-order valence-electron chi connectivity index (χ4n) is 1.82. The molecule has 102 valence electrons. The van der Waals surface area contributed by atoms with E-state index < -0.39 is 28.2 Å². The quantitative estimate of drug-likeness (QED) is 0.799. The lowest BCUT2D eigenvalue weighted by molar-refractivity contribution is -0.229. The Balaban J connectivity index is 2.78. The predicted molar refractivity (Wildman–Crippen MR) is 58.1 cm³/mol. The maximum absolute atomic E-state index is 13.0. The van der Waals surface area contributed by atoms with Crippen molar-refractivity contribution >= 4 is 10.0 Å². The fourth-order valence-corrected chi connectivity index (χ4v) is 2.52. The number of rotatable bonds is 4. The van der Waals surface area contributed by atoms with Gasteiger partial charge in [0.1, 0.15) is 0 Å². The molecule has 1 fully saturated rings. The summed E-state index contributed by atoms with van der Waals surface area (Å²) in [5, 5.41) is 2.85. The van der Waals surface area contributed by atoms with Gasteiger partial charge in [0.15, 0.2) is 0 Å². The zero-order valence-electron chi connectivity index (χ0n) is 9.60. The molecule has 0 amide bonds. The molecule has 0 aromatic heterocycles. The number of alkyl halides is 3. The van der Waals surface area contributed by atoms with E-state index in [9.17, 15) is 21.6 Å². The van der Waals surface area contributed by atoms with Crippen LogP contribution in [0.1, 0.15) is 19.8 Å². The summed E-state index contributed by atoms with van der Waals surface area (Å²) in [6.45, 7) is 1.35. The van der Waals surface area contributed by atoms with Crippen LogP contribution in [0.2, 0.25) is 0 Å². The average Bonchev–Trinajstić information content (AvgIpc) is 2.26. The Morgan fingerprint density at radius 1 is 1.29 bits per heavy atom. The number of halogens is 3. The standard InChI is InChI=1S/C9H17F3N2O2S/c1-2-17(15,16)14-7-8(9(10,11)12)3-5-13-6-4-8/h13-14H,2-7H2,1H3. The molecule has 0 radical (unpaired) electrons. The number of nitrogens with one attached hydrogen (secondary N) is 2. The summed E-state index contributed by atoms with van der Waals surface area (Å²) in [7, 11) is -3.59. The lowest BCUT2D eigenvalue weighted by atomic mass is 9.78. The Labute approximate surface area is 99.0 Å². The van der Waals surface area contributed by atoms with E-state index in [-0.39, 0.29) is 31.7 Å². The van der Waals surface area contributed by atoms with Crippen LogP contribution in [0.5, 0.6) is 0 Å². The highest BCUT2D eigenvalue weighted by Gasteiger charge is 2.54. The highest BCUT2D eigenvalue weighted by atomic mass is 32.2. The van der Waals surface area contributed by atoms with Crippen molar-refractivity contribution in [2.45, 2.75) is 25.9 Å². The molecule has 8 heteroatoms. The van der Waals surface area contributed by atoms with Crippen molar-refractivity contribution in [2.75, 3.05) is 25.4 Å². The molecule has 1 heterocycles. The third-order valence-electron chi connectivity index (χ3n) is 3.17. The largest absolute Gasteiger partial charge is 0.395 e. The summed E-state index contributed by atoms with van der Waals surface area (Å²) >= 11 is 0. The van der Waals surface area contributed by atoms with E-state index in [1.807, 2.05) is 0 Å². The summed E-state index contributed by atoms with van der Waals surface area (Å²) < 4.78 is 63.5. The average molecular weight is 274 g/mol. The normalized spacial score (nSPS) is 21.4. The monoisotopic (exact) mass is 274 g/mol. The lowest BCUT2D eigenvalue weighted by Crippen LogP contribution is -2.53. The van der Waals surface area contributed by atoms with Gasteiger partial charge in [-0.3, -0.25) is 0 Å². The Hall–Kier alpha value is -0.340. The molecule has 1 saturated heterocycles. The molecule has 1 rings (SSSR count). The minimum atomic E-state index is -4.38. The molecular weight excluding hydrogens is 257 g/mol. The molecule has 0 atom stereocenters. The zero-order valence-corrected chi connectivity index (χ0v) is 10.4. The van der Waals surface area contributed by atoms with Crippen LogP contribution < -0.4 is 10.0 Å². The number of hydrogen-bond donors (Lipinski definition) is 2. The van der Waals surface area contributed by atoms with Gasteiger partial charge in [0.2, 0.25) is 10.0 Å². The van der Waals surface area contributed by atoms with Gasteiger partial charge in [0, 0.05) is 6.54 Å². The number of sulfonamides is 1. The Morgan fingerprint density at radius 2 is 1.82 bits per heavy atom. The minimum absolute atomic E-state index is 0.0945. The van der Waals surface area contributed by atoms with Gasteiger partial charge in [0.25, 0.3) is 0 Å². The highest BCUT2D eigenvalue weighted by Crippen LogP contribution is 2.44. The summed E-state index contributed by atoms with van der Waals surface area (Å²) in [6.07, 6.45) is -4.57. The van der Waals surface area contributed by atoms with Crippen LogP contribution in [0, 0.1) is 5.41 Å². The summed E-state index contributed by atoms with van der Waals surface area (Å²) in [5.41, 5.74) is -1.93. The summed E-state index contributed by atoms with van der Waals surface area (Å²) in [4.78, 5) is 0. The first-order chi connectivity index (χ1) is 7.72. The summed E-state index contributed by atoms with van der Waals surface area (Å²) in [6, 6.07) is 0. The molecule has 17 heavy (non-hydrogen) atoms. The van der Waals surface area contributed by atoms with Gasteiger partial charge in [-0.05, 0) is 32.9 Å². The third kappa shape index (κ3) is 3.56. The Morgan fingerprint density at radius 3 is 2.24 bits per heavy atom. The molecule has 2 N–H and O–H groups in total. The topological polar surface area (TPSA) is 58.2 Å². The number of piperidine rings is 1. The van der Waals surface area contributed by atoms with Crippen LogP contribution in [0.25, 0.3) is 0 Å². The second kappa shape index (κ2) is 5.11. The van der Waals surface area contributed by atoms with Crippen molar-refractivity contribution in [1.29, 1.82) is 0 Å². The van der Waals surface area contributed by atoms with E-state index in [0.29, 0.717) is 0 Å². The summed E-state index contributed by atoms with van der Waals surface area (Å²) in [5.74, 6) is -0.209. The van der Waals surface area contributed by atoms with E-state index >= 15 is 0 Å². The molecule has 0 aromatic carbocycles. The van der Waals surface area contributed by atoms with Crippen LogP contribution in [0.3, 0.4) is 0 Å². The maximum Gasteiger partial charge on any atom is 0.395 e. The molecular formula is C9H17F3N2O2S. The van der Waals surface area contributed by atoms with Crippen molar-refractivity contribution < 1.29 is 21.6 Å². The van der Waals surface area contributed by atoms with E-state index in [1.54, 1.807) is 0 Å². The molecule has 0 aliphatic carbocycles. The Kier molecular flexibility index (Phi) is 4.43. The molecule has 0 aromatic rings. The smallest absolute Gasteiger partial charge is 0.317 e. The molecule has 4 nitrogen and oxygen atoms in total. The predicted octanol–water partition coefficient (Wildman–Crippen LogP) is 0.858. The molecule has 1 aliphatic rings. The fraction of sp³-hybridized carbons (Fsp3) is 1.00. The first kappa shape index (κ1) is 14.7. The maximum atomic E-state index is 13.0. The molecule has 0 spiro atoms. The van der Waals surface area contributed by atoms with E-state index in [1.165, 1.54) is 6.92 Å². The van der Waals surface area contributed by atoms with Gasteiger partial charge in [-0.25, -0.2) is 13.1 Å². The first-order valence-electron chi connectivity index (χ1n) is 5.47. The second-order valence-corrected chi connectivity index (χ2v) is 6.35. The van der Waals surface area contributed by atoms with Crippen LogP contribution >= 0.6 is 0 Å². The van der Waals surface area contributed by atoms with Crippen LogP contribution in [-0.2, 0) is 10.0 Å². The van der Waals surface area contributed by atoms with E-state index in [0.717, 1.165) is 0 Å². The molecule has 1 aliphatic heterocycles. The Bertz CT molecular complexity index is 348. The second-order valence-electron chi connectivity index (χ2n) is 4.25. The van der Waals surface area contributed by atoms with Crippen molar-refractivity contribution in [2.24, 2.45) is 5.41 Å². The SMILES string of the molecule is CCS(=O)(=O)NCC1(C(F)(F)F)CCNCC1. The van der Waals surface area contributed by atoms with Crippen molar-refractivity contribution in [1.82, 2.24) is 10.0 Å². The van der Waals surface area contributed by atoms with Crippen molar-refractivity contribution in [3.8, 4) is 0 Å². The van der Waals surface area contributed by atoms with Crippen molar-refractivity contribution in [3.05, 3.63) is 0 Å². The van der Waals surface area contributed by atoms with Crippen LogP contribution in [0.4, 0.5) is 13.2 Å². The van der Waals surface area contributed by atoms with E-state index in [4.69, 9.17) is 0 Å². The van der Waals surface area contributed by atoms with Gasteiger partial charge in [-0.15, -0.1) is 0 Å². The van der Waals surface area contributed by atoms with Gasteiger partial charge in [0.05, 0.1) is 11.2 Å². The van der Waals surface area contributed by atoms with Gasteiger partial charge in [-0.2, -0.15) is 13.2 Å².